The lowest BCUT2D eigenvalue weighted by Crippen LogP contribution is -2.56. The summed E-state index contributed by atoms with van der Waals surface area (Å²) in [6, 6.07) is 4.02. The van der Waals surface area contributed by atoms with Gasteiger partial charge in [0.25, 0.3) is 0 Å². The van der Waals surface area contributed by atoms with Crippen molar-refractivity contribution < 1.29 is 40.3 Å². The van der Waals surface area contributed by atoms with Crippen LogP contribution in [0.4, 0.5) is 30.7 Å². The summed E-state index contributed by atoms with van der Waals surface area (Å²) in [5.41, 5.74) is -2.31. The molecule has 0 radical (unpaired) electrons. The van der Waals surface area contributed by atoms with E-state index >= 15 is 0 Å². The van der Waals surface area contributed by atoms with Gasteiger partial charge in [0.05, 0.1) is 0 Å². The van der Waals surface area contributed by atoms with Gasteiger partial charge in [-0.1, -0.05) is 45.0 Å². The van der Waals surface area contributed by atoms with Gasteiger partial charge in [-0.2, -0.15) is 30.7 Å². The second-order valence-corrected chi connectivity index (χ2v) is 6.48. The largest absolute Gasteiger partial charge is 0.460 e. The van der Waals surface area contributed by atoms with Crippen LogP contribution in [0.2, 0.25) is 0 Å². The number of carbonyl (C=O) groups excluding carboxylic acids is 2. The van der Waals surface area contributed by atoms with Gasteiger partial charge in [0.1, 0.15) is 5.78 Å². The van der Waals surface area contributed by atoms with Gasteiger partial charge in [0, 0.05) is 17.4 Å². The summed E-state index contributed by atoms with van der Waals surface area (Å²) in [6.07, 6.45) is -7.17. The quantitative estimate of drug-likeness (QED) is 0.546. The number of halogens is 7. The predicted octanol–water partition coefficient (Wildman–Crippen LogP) is 4.86. The molecule has 140 valence electrons. The molecule has 0 unspecified atom stereocenters. The van der Waals surface area contributed by atoms with Gasteiger partial charge in [-0.25, -0.2) is 0 Å². The van der Waals surface area contributed by atoms with Crippen LogP contribution in [0, 0.1) is 5.41 Å². The van der Waals surface area contributed by atoms with Crippen LogP contribution in [0.3, 0.4) is 0 Å². The molecule has 0 aliphatic heterocycles. The van der Waals surface area contributed by atoms with E-state index in [1.54, 1.807) is 0 Å². The van der Waals surface area contributed by atoms with Crippen molar-refractivity contribution in [3.05, 3.63) is 35.4 Å². The van der Waals surface area contributed by atoms with Crippen LogP contribution >= 0.6 is 0 Å². The zero-order chi connectivity index (χ0) is 19.8. The molecule has 0 heterocycles. The lowest BCUT2D eigenvalue weighted by Gasteiger charge is -2.27. The van der Waals surface area contributed by atoms with Crippen LogP contribution in [-0.2, 0) is 11.2 Å². The molecule has 0 aromatic heterocycles. The van der Waals surface area contributed by atoms with Gasteiger partial charge in [0.2, 0.25) is 5.78 Å². The number of hydrogen-bond acceptors (Lipinski definition) is 2. The Hall–Kier alpha value is -1.93. The summed E-state index contributed by atoms with van der Waals surface area (Å²) in [4.78, 5) is 23.8. The molecule has 0 bridgehead atoms. The first-order valence-corrected chi connectivity index (χ1v) is 7.02. The summed E-state index contributed by atoms with van der Waals surface area (Å²) < 4.78 is 90.1. The molecule has 0 saturated carbocycles. The molecule has 1 aromatic carbocycles. The Morgan fingerprint density at radius 1 is 0.880 bits per heavy atom. The third-order valence-electron chi connectivity index (χ3n) is 3.49. The Morgan fingerprint density at radius 3 is 1.80 bits per heavy atom. The lowest BCUT2D eigenvalue weighted by molar-refractivity contribution is -0.339. The van der Waals surface area contributed by atoms with Crippen LogP contribution in [0.15, 0.2) is 24.3 Å². The van der Waals surface area contributed by atoms with Crippen molar-refractivity contribution >= 4 is 11.6 Å². The minimum absolute atomic E-state index is 0.343. The zero-order valence-electron chi connectivity index (χ0n) is 13.5. The minimum Gasteiger partial charge on any atom is -0.299 e. The maximum atomic E-state index is 13.6. The summed E-state index contributed by atoms with van der Waals surface area (Å²) in [5, 5.41) is 0. The molecule has 9 heteroatoms. The van der Waals surface area contributed by atoms with E-state index in [0.717, 1.165) is 12.1 Å². The number of rotatable bonds is 5. The van der Waals surface area contributed by atoms with Crippen LogP contribution < -0.4 is 0 Å². The molecular formula is C16H15F7O2. The van der Waals surface area contributed by atoms with Gasteiger partial charge >= 0.3 is 18.0 Å². The molecule has 2 nitrogen and oxygen atoms in total. The van der Waals surface area contributed by atoms with Crippen LogP contribution in [0.25, 0.3) is 0 Å². The maximum absolute atomic E-state index is 13.6. The van der Waals surface area contributed by atoms with E-state index in [0.29, 0.717) is 6.07 Å². The standard InChI is InChI=1S/C16H15F7O2/c1-13(2,3)11(24)8-9-6-4-5-7-10(9)12(25)14(17,18)15(19,20)16(21,22)23/h4-7H,8H2,1-3H3. The van der Waals surface area contributed by atoms with E-state index in [2.05, 4.69) is 0 Å². The third-order valence-corrected chi connectivity index (χ3v) is 3.49. The van der Waals surface area contributed by atoms with Gasteiger partial charge in [-0.15, -0.1) is 0 Å². The van der Waals surface area contributed by atoms with E-state index in [-0.39, 0.29) is 5.56 Å². The van der Waals surface area contributed by atoms with Gasteiger partial charge in [0.15, 0.2) is 0 Å². The Bertz CT molecular complexity index is 670. The number of carbonyl (C=O) groups is 2. The number of alkyl halides is 7. The van der Waals surface area contributed by atoms with Gasteiger partial charge in [-0.05, 0) is 5.56 Å². The van der Waals surface area contributed by atoms with Crippen molar-refractivity contribution in [2.24, 2.45) is 5.41 Å². The first-order valence-electron chi connectivity index (χ1n) is 7.02. The van der Waals surface area contributed by atoms with Crippen LogP contribution in [0.1, 0.15) is 36.7 Å². The second kappa shape index (κ2) is 6.42. The average molecular weight is 372 g/mol. The van der Waals surface area contributed by atoms with Gasteiger partial charge < -0.3 is 0 Å². The summed E-state index contributed by atoms with van der Waals surface area (Å²) in [6.45, 7) is 4.52. The monoisotopic (exact) mass is 372 g/mol. The lowest BCUT2D eigenvalue weighted by atomic mass is 9.85. The minimum atomic E-state index is -6.61. The highest BCUT2D eigenvalue weighted by atomic mass is 19.4. The third kappa shape index (κ3) is 4.01. The summed E-state index contributed by atoms with van der Waals surface area (Å²) in [5.74, 6) is -15.7. The number of ketones is 2. The van der Waals surface area contributed by atoms with E-state index in [1.165, 1.54) is 26.8 Å². The smallest absolute Gasteiger partial charge is 0.299 e. The SMILES string of the molecule is CC(C)(C)C(=O)Cc1ccccc1C(=O)C(F)(F)C(F)(F)C(F)(F)F. The average Bonchev–Trinajstić information content (AvgIpc) is 2.44. The van der Waals surface area contributed by atoms with Crippen molar-refractivity contribution in [2.75, 3.05) is 0 Å². The molecule has 0 atom stereocenters. The fourth-order valence-electron chi connectivity index (χ4n) is 1.82. The topological polar surface area (TPSA) is 34.1 Å². The molecule has 0 N–H and O–H groups in total. The van der Waals surface area contributed by atoms with Gasteiger partial charge in [-0.3, -0.25) is 9.59 Å². The number of Topliss-reactive ketones (excluding diaryl/α,β-unsaturated/α-hetero) is 2. The van der Waals surface area contributed by atoms with Crippen molar-refractivity contribution in [1.82, 2.24) is 0 Å². The van der Waals surface area contributed by atoms with E-state index in [4.69, 9.17) is 0 Å². The van der Waals surface area contributed by atoms with Crippen molar-refractivity contribution in [3.8, 4) is 0 Å². The molecule has 0 spiro atoms. The predicted molar refractivity (Wildman–Crippen MR) is 74.9 cm³/mol. The van der Waals surface area contributed by atoms with Crippen molar-refractivity contribution in [2.45, 2.75) is 45.2 Å². The first-order chi connectivity index (χ1) is 11.0. The highest BCUT2D eigenvalue weighted by molar-refractivity contribution is 6.04. The molecule has 25 heavy (non-hydrogen) atoms. The Kier molecular flexibility index (Phi) is 5.42. The molecule has 0 amide bonds. The van der Waals surface area contributed by atoms with E-state index < -0.39 is 47.0 Å². The number of benzene rings is 1. The van der Waals surface area contributed by atoms with Crippen molar-refractivity contribution in [3.63, 3.8) is 0 Å². The van der Waals surface area contributed by atoms with E-state index in [1.807, 2.05) is 0 Å². The fraction of sp³-hybridized carbons (Fsp3) is 0.500. The number of hydrogen-bond donors (Lipinski definition) is 0. The summed E-state index contributed by atoms with van der Waals surface area (Å²) in [7, 11) is 0. The Balaban J connectivity index is 3.34. The van der Waals surface area contributed by atoms with Crippen LogP contribution in [-0.4, -0.2) is 29.6 Å². The summed E-state index contributed by atoms with van der Waals surface area (Å²) >= 11 is 0. The highest BCUT2D eigenvalue weighted by Gasteiger charge is 2.76. The molecule has 0 aliphatic carbocycles. The zero-order valence-corrected chi connectivity index (χ0v) is 13.5. The molecule has 0 fully saturated rings. The fourth-order valence-corrected chi connectivity index (χ4v) is 1.82. The highest BCUT2D eigenvalue weighted by Crippen LogP contribution is 2.48. The maximum Gasteiger partial charge on any atom is 0.460 e. The first kappa shape index (κ1) is 21.1. The Labute approximate surface area is 139 Å². The normalized spacial score (nSPS) is 13.7. The molecule has 1 aromatic rings. The van der Waals surface area contributed by atoms with Crippen molar-refractivity contribution in [1.29, 1.82) is 0 Å². The molecule has 0 saturated heterocycles. The second-order valence-electron chi connectivity index (χ2n) is 6.48. The molecule has 1 rings (SSSR count). The van der Waals surface area contributed by atoms with E-state index in [9.17, 15) is 40.3 Å². The Morgan fingerprint density at radius 2 is 1.36 bits per heavy atom. The molecular weight excluding hydrogens is 357 g/mol. The van der Waals surface area contributed by atoms with Crippen LogP contribution in [0.5, 0.6) is 0 Å². The molecule has 0 aliphatic rings.